The summed E-state index contributed by atoms with van der Waals surface area (Å²) in [5.74, 6) is -0.279. The van der Waals surface area contributed by atoms with Gasteiger partial charge < -0.3 is 4.90 Å². The van der Waals surface area contributed by atoms with Gasteiger partial charge in [0.2, 0.25) is 0 Å². The molecule has 0 saturated carbocycles. The molecule has 0 aliphatic heterocycles. The molecule has 0 amide bonds. The number of benzene rings is 2. The maximum atomic E-state index is 13.7. The van der Waals surface area contributed by atoms with Crippen molar-refractivity contribution in [2.45, 2.75) is 13.5 Å². The van der Waals surface area contributed by atoms with Crippen LogP contribution in [-0.4, -0.2) is 7.05 Å². The van der Waals surface area contributed by atoms with E-state index in [4.69, 9.17) is 5.26 Å². The number of hydrogen-bond donors (Lipinski definition) is 0. The standard InChI is InChI=1S/C16H15FN2/c1-12-4-3-5-15(8-12)19(2)11-14-9-13(10-18)6-7-16(14)17/h3-9H,11H2,1-2H3. The quantitative estimate of drug-likeness (QED) is 0.836. The van der Waals surface area contributed by atoms with Gasteiger partial charge in [0, 0.05) is 24.8 Å². The van der Waals surface area contributed by atoms with Gasteiger partial charge in [-0.2, -0.15) is 5.26 Å². The van der Waals surface area contributed by atoms with E-state index < -0.39 is 0 Å². The zero-order valence-corrected chi connectivity index (χ0v) is 11.0. The van der Waals surface area contributed by atoms with Gasteiger partial charge in [-0.15, -0.1) is 0 Å². The molecule has 0 spiro atoms. The molecule has 0 aromatic heterocycles. The van der Waals surface area contributed by atoms with Crippen LogP contribution in [0.1, 0.15) is 16.7 Å². The number of anilines is 1. The Hall–Kier alpha value is -2.34. The topological polar surface area (TPSA) is 27.0 Å². The average molecular weight is 254 g/mol. The summed E-state index contributed by atoms with van der Waals surface area (Å²) in [7, 11) is 1.91. The van der Waals surface area contributed by atoms with E-state index in [2.05, 4.69) is 0 Å². The van der Waals surface area contributed by atoms with Gasteiger partial charge in [-0.1, -0.05) is 12.1 Å². The molecule has 2 rings (SSSR count). The average Bonchev–Trinajstić information content (AvgIpc) is 2.41. The number of aryl methyl sites for hydroxylation is 1. The maximum Gasteiger partial charge on any atom is 0.128 e. The first-order chi connectivity index (χ1) is 9.10. The minimum Gasteiger partial charge on any atom is -0.370 e. The third-order valence-electron chi connectivity index (χ3n) is 3.02. The van der Waals surface area contributed by atoms with Crippen LogP contribution >= 0.6 is 0 Å². The highest BCUT2D eigenvalue weighted by Gasteiger charge is 2.08. The van der Waals surface area contributed by atoms with Crippen LogP contribution in [0.3, 0.4) is 0 Å². The van der Waals surface area contributed by atoms with Gasteiger partial charge in [-0.05, 0) is 42.8 Å². The molecule has 96 valence electrons. The molecule has 0 aliphatic carbocycles. The van der Waals surface area contributed by atoms with Gasteiger partial charge in [0.05, 0.1) is 11.6 Å². The van der Waals surface area contributed by atoms with E-state index in [0.717, 1.165) is 11.3 Å². The molecule has 3 heteroatoms. The predicted octanol–water partition coefficient (Wildman–Crippen LogP) is 3.64. The van der Waals surface area contributed by atoms with Gasteiger partial charge in [0.1, 0.15) is 5.82 Å². The van der Waals surface area contributed by atoms with Crippen molar-refractivity contribution in [1.82, 2.24) is 0 Å². The van der Waals surface area contributed by atoms with E-state index >= 15 is 0 Å². The molecule has 2 aromatic rings. The minimum atomic E-state index is -0.279. The second kappa shape index (κ2) is 5.53. The molecule has 0 radical (unpaired) electrons. The lowest BCUT2D eigenvalue weighted by Gasteiger charge is -2.20. The van der Waals surface area contributed by atoms with Crippen molar-refractivity contribution in [2.24, 2.45) is 0 Å². The van der Waals surface area contributed by atoms with E-state index in [9.17, 15) is 4.39 Å². The highest BCUT2D eigenvalue weighted by atomic mass is 19.1. The Morgan fingerprint density at radius 1 is 1.21 bits per heavy atom. The SMILES string of the molecule is Cc1cccc(N(C)Cc2cc(C#N)ccc2F)c1. The largest absolute Gasteiger partial charge is 0.370 e. The molecular weight excluding hydrogens is 239 g/mol. The summed E-state index contributed by atoms with van der Waals surface area (Å²) in [5.41, 5.74) is 3.20. The summed E-state index contributed by atoms with van der Waals surface area (Å²) < 4.78 is 13.7. The first kappa shape index (κ1) is 13.1. The second-order valence-electron chi connectivity index (χ2n) is 4.61. The van der Waals surface area contributed by atoms with Gasteiger partial charge in [0.15, 0.2) is 0 Å². The molecule has 19 heavy (non-hydrogen) atoms. The fourth-order valence-electron chi connectivity index (χ4n) is 1.98. The molecule has 0 aliphatic rings. The van der Waals surface area contributed by atoms with Gasteiger partial charge in [-0.25, -0.2) is 4.39 Å². The number of hydrogen-bond acceptors (Lipinski definition) is 2. The summed E-state index contributed by atoms with van der Waals surface area (Å²) in [4.78, 5) is 1.96. The number of rotatable bonds is 3. The Bertz CT molecular complexity index is 629. The monoisotopic (exact) mass is 254 g/mol. The lowest BCUT2D eigenvalue weighted by atomic mass is 10.1. The van der Waals surface area contributed by atoms with Crippen LogP contribution in [0.25, 0.3) is 0 Å². The smallest absolute Gasteiger partial charge is 0.128 e. The minimum absolute atomic E-state index is 0.279. The normalized spacial score (nSPS) is 10.0. The summed E-state index contributed by atoms with van der Waals surface area (Å²) in [6.07, 6.45) is 0. The van der Waals surface area contributed by atoms with Crippen molar-refractivity contribution in [2.75, 3.05) is 11.9 Å². The summed E-state index contributed by atoms with van der Waals surface area (Å²) >= 11 is 0. The lowest BCUT2D eigenvalue weighted by molar-refractivity contribution is 0.607. The van der Waals surface area contributed by atoms with Crippen LogP contribution in [0.4, 0.5) is 10.1 Å². The van der Waals surface area contributed by atoms with Gasteiger partial charge in [0.25, 0.3) is 0 Å². The molecule has 0 N–H and O–H groups in total. The van der Waals surface area contributed by atoms with Gasteiger partial charge in [-0.3, -0.25) is 0 Å². The molecule has 0 bridgehead atoms. The molecule has 2 nitrogen and oxygen atoms in total. The molecular formula is C16H15FN2. The van der Waals surface area contributed by atoms with E-state index in [1.54, 1.807) is 6.07 Å². The van der Waals surface area contributed by atoms with E-state index in [1.165, 1.54) is 12.1 Å². The first-order valence-corrected chi connectivity index (χ1v) is 6.06. The number of halogens is 1. The van der Waals surface area contributed by atoms with Crippen molar-refractivity contribution < 1.29 is 4.39 Å². The molecule has 2 aromatic carbocycles. The van der Waals surface area contributed by atoms with Gasteiger partial charge >= 0.3 is 0 Å². The van der Waals surface area contributed by atoms with Crippen LogP contribution in [0.5, 0.6) is 0 Å². The Morgan fingerprint density at radius 3 is 2.68 bits per heavy atom. The third-order valence-corrected chi connectivity index (χ3v) is 3.02. The maximum absolute atomic E-state index is 13.7. The Balaban J connectivity index is 2.24. The van der Waals surface area contributed by atoms with E-state index in [-0.39, 0.29) is 5.82 Å². The molecule has 0 fully saturated rings. The zero-order valence-electron chi connectivity index (χ0n) is 11.0. The fourth-order valence-corrected chi connectivity index (χ4v) is 1.98. The van der Waals surface area contributed by atoms with E-state index in [0.29, 0.717) is 17.7 Å². The number of nitriles is 1. The van der Waals surface area contributed by atoms with Crippen molar-refractivity contribution in [3.63, 3.8) is 0 Å². The van der Waals surface area contributed by atoms with E-state index in [1.807, 2.05) is 49.2 Å². The fraction of sp³-hybridized carbons (Fsp3) is 0.188. The van der Waals surface area contributed by atoms with Crippen molar-refractivity contribution in [1.29, 1.82) is 5.26 Å². The third kappa shape index (κ3) is 3.11. The lowest BCUT2D eigenvalue weighted by Crippen LogP contribution is -2.17. The predicted molar refractivity (Wildman–Crippen MR) is 74.4 cm³/mol. The highest BCUT2D eigenvalue weighted by molar-refractivity contribution is 5.48. The Labute approximate surface area is 112 Å². The van der Waals surface area contributed by atoms with Crippen LogP contribution in [0, 0.1) is 24.1 Å². The Kier molecular flexibility index (Phi) is 3.82. The summed E-state index contributed by atoms with van der Waals surface area (Å²) in [6.45, 7) is 2.46. The van der Waals surface area contributed by atoms with Crippen LogP contribution in [0.15, 0.2) is 42.5 Å². The Morgan fingerprint density at radius 2 is 2.00 bits per heavy atom. The van der Waals surface area contributed by atoms with Crippen LogP contribution in [-0.2, 0) is 6.54 Å². The van der Waals surface area contributed by atoms with Crippen molar-refractivity contribution in [3.8, 4) is 6.07 Å². The van der Waals surface area contributed by atoms with Crippen molar-refractivity contribution >= 4 is 5.69 Å². The summed E-state index contributed by atoms with van der Waals surface area (Å²) in [6, 6.07) is 14.5. The number of nitrogens with zero attached hydrogens (tertiary/aromatic N) is 2. The first-order valence-electron chi connectivity index (χ1n) is 6.06. The molecule has 0 unspecified atom stereocenters. The van der Waals surface area contributed by atoms with Crippen LogP contribution < -0.4 is 4.90 Å². The van der Waals surface area contributed by atoms with Crippen molar-refractivity contribution in [3.05, 3.63) is 65.0 Å². The molecule has 0 atom stereocenters. The summed E-state index contributed by atoms with van der Waals surface area (Å²) in [5, 5.41) is 8.85. The zero-order chi connectivity index (χ0) is 13.8. The second-order valence-corrected chi connectivity index (χ2v) is 4.61. The molecule has 0 heterocycles. The van der Waals surface area contributed by atoms with Crippen LogP contribution in [0.2, 0.25) is 0 Å². The molecule has 0 saturated heterocycles. The highest BCUT2D eigenvalue weighted by Crippen LogP contribution is 2.19.